The Hall–Kier alpha value is -2.46. The van der Waals surface area contributed by atoms with Crippen molar-refractivity contribution in [2.24, 2.45) is 0 Å². The molecule has 0 N–H and O–H groups in total. The summed E-state index contributed by atoms with van der Waals surface area (Å²) in [4.78, 5) is 12.2. The standard InChI is InChI=1S/C18H17ClO4/c1-21-16-9-12(10-17(22-2)18(16)23-3)7-8-15(20)13-5-4-6-14(19)11-13/h4-11H,1-3H3. The Kier molecular flexibility index (Phi) is 5.66. The Bertz CT molecular complexity index is 713. The first-order valence-corrected chi connectivity index (χ1v) is 7.24. The van der Waals surface area contributed by atoms with Gasteiger partial charge in [0.2, 0.25) is 5.75 Å². The molecule has 0 aliphatic carbocycles. The van der Waals surface area contributed by atoms with Gasteiger partial charge in [-0.25, -0.2) is 0 Å². The number of rotatable bonds is 6. The molecule has 0 aliphatic rings. The van der Waals surface area contributed by atoms with Crippen molar-refractivity contribution in [2.75, 3.05) is 21.3 Å². The van der Waals surface area contributed by atoms with Gasteiger partial charge >= 0.3 is 0 Å². The molecule has 0 aliphatic heterocycles. The first-order valence-electron chi connectivity index (χ1n) is 6.87. The summed E-state index contributed by atoms with van der Waals surface area (Å²) in [7, 11) is 4.63. The molecule has 2 aromatic rings. The van der Waals surface area contributed by atoms with E-state index in [-0.39, 0.29) is 5.78 Å². The molecule has 120 valence electrons. The number of methoxy groups -OCH3 is 3. The Morgan fingerprint density at radius 1 is 1.00 bits per heavy atom. The smallest absolute Gasteiger partial charge is 0.203 e. The zero-order chi connectivity index (χ0) is 16.8. The Labute approximate surface area is 140 Å². The summed E-state index contributed by atoms with van der Waals surface area (Å²) in [5.41, 5.74) is 1.29. The fourth-order valence-electron chi connectivity index (χ4n) is 2.11. The van der Waals surface area contributed by atoms with E-state index in [1.165, 1.54) is 6.08 Å². The Morgan fingerprint density at radius 3 is 2.17 bits per heavy atom. The second kappa shape index (κ2) is 7.70. The molecule has 2 rings (SSSR count). The maximum Gasteiger partial charge on any atom is 0.203 e. The van der Waals surface area contributed by atoms with Gasteiger partial charge in [-0.3, -0.25) is 4.79 Å². The average molecular weight is 333 g/mol. The van der Waals surface area contributed by atoms with Crippen LogP contribution in [0.15, 0.2) is 42.5 Å². The van der Waals surface area contributed by atoms with Gasteiger partial charge in [-0.15, -0.1) is 0 Å². The summed E-state index contributed by atoms with van der Waals surface area (Å²) < 4.78 is 15.8. The van der Waals surface area contributed by atoms with Crippen LogP contribution in [0.4, 0.5) is 0 Å². The van der Waals surface area contributed by atoms with E-state index in [1.54, 1.807) is 63.8 Å². The Morgan fingerprint density at radius 2 is 1.65 bits per heavy atom. The minimum Gasteiger partial charge on any atom is -0.493 e. The predicted molar refractivity (Wildman–Crippen MR) is 90.9 cm³/mol. The van der Waals surface area contributed by atoms with Crippen molar-refractivity contribution in [3.05, 3.63) is 58.6 Å². The number of benzene rings is 2. The lowest BCUT2D eigenvalue weighted by molar-refractivity contribution is 0.104. The van der Waals surface area contributed by atoms with Gasteiger partial charge in [0, 0.05) is 10.6 Å². The summed E-state index contributed by atoms with van der Waals surface area (Å²) in [5.74, 6) is 1.43. The lowest BCUT2D eigenvalue weighted by atomic mass is 10.1. The van der Waals surface area contributed by atoms with Crippen LogP contribution in [0.3, 0.4) is 0 Å². The summed E-state index contributed by atoms with van der Waals surface area (Å²) in [6.07, 6.45) is 3.17. The van der Waals surface area contributed by atoms with E-state index in [2.05, 4.69) is 0 Å². The number of carbonyl (C=O) groups is 1. The van der Waals surface area contributed by atoms with Gasteiger partial charge in [0.05, 0.1) is 21.3 Å². The van der Waals surface area contributed by atoms with E-state index in [0.717, 1.165) is 5.56 Å². The third-order valence-corrected chi connectivity index (χ3v) is 3.46. The zero-order valence-corrected chi connectivity index (χ0v) is 13.9. The molecule has 23 heavy (non-hydrogen) atoms. The minimum absolute atomic E-state index is 0.138. The molecule has 0 radical (unpaired) electrons. The highest BCUT2D eigenvalue weighted by atomic mass is 35.5. The normalized spacial score (nSPS) is 10.6. The molecule has 0 heterocycles. The maximum atomic E-state index is 12.2. The number of carbonyl (C=O) groups excluding carboxylic acids is 1. The quantitative estimate of drug-likeness (QED) is 0.585. The summed E-state index contributed by atoms with van der Waals surface area (Å²) in [5, 5.41) is 0.525. The molecule has 4 nitrogen and oxygen atoms in total. The molecule has 0 saturated heterocycles. The second-order valence-corrected chi connectivity index (χ2v) is 5.10. The lowest BCUT2D eigenvalue weighted by Crippen LogP contribution is -1.96. The molecule has 0 unspecified atom stereocenters. The monoisotopic (exact) mass is 332 g/mol. The number of halogens is 1. The minimum atomic E-state index is -0.138. The van der Waals surface area contributed by atoms with Gasteiger partial charge < -0.3 is 14.2 Å². The van der Waals surface area contributed by atoms with Gasteiger partial charge in [-0.2, -0.15) is 0 Å². The first kappa shape index (κ1) is 16.9. The molecule has 0 bridgehead atoms. The van der Waals surface area contributed by atoms with Gasteiger partial charge in [0.15, 0.2) is 17.3 Å². The van der Waals surface area contributed by atoms with Crippen molar-refractivity contribution in [1.82, 2.24) is 0 Å². The zero-order valence-electron chi connectivity index (χ0n) is 13.1. The maximum absolute atomic E-state index is 12.2. The van der Waals surface area contributed by atoms with Gasteiger partial charge in [-0.05, 0) is 35.9 Å². The molecule has 0 atom stereocenters. The largest absolute Gasteiger partial charge is 0.493 e. The lowest BCUT2D eigenvalue weighted by Gasteiger charge is -2.12. The van der Waals surface area contributed by atoms with Crippen LogP contribution in [0.25, 0.3) is 6.08 Å². The summed E-state index contributed by atoms with van der Waals surface area (Å²) >= 11 is 5.90. The van der Waals surface area contributed by atoms with Crippen LogP contribution in [0.2, 0.25) is 5.02 Å². The van der Waals surface area contributed by atoms with Crippen LogP contribution in [-0.4, -0.2) is 27.1 Å². The number of hydrogen-bond donors (Lipinski definition) is 0. The molecule has 5 heteroatoms. The molecule has 2 aromatic carbocycles. The average Bonchev–Trinajstić information content (AvgIpc) is 2.58. The van der Waals surface area contributed by atoms with Crippen LogP contribution in [-0.2, 0) is 0 Å². The van der Waals surface area contributed by atoms with Gasteiger partial charge in [0.25, 0.3) is 0 Å². The fourth-order valence-corrected chi connectivity index (χ4v) is 2.30. The van der Waals surface area contributed by atoms with Crippen molar-refractivity contribution >= 4 is 23.5 Å². The van der Waals surface area contributed by atoms with Crippen LogP contribution in [0.1, 0.15) is 15.9 Å². The molecule has 0 amide bonds. The number of ether oxygens (including phenoxy) is 3. The van der Waals surface area contributed by atoms with E-state index < -0.39 is 0 Å². The highest BCUT2D eigenvalue weighted by Gasteiger charge is 2.12. The van der Waals surface area contributed by atoms with Crippen LogP contribution >= 0.6 is 11.6 Å². The van der Waals surface area contributed by atoms with Crippen molar-refractivity contribution in [3.63, 3.8) is 0 Å². The predicted octanol–water partition coefficient (Wildman–Crippen LogP) is 4.26. The van der Waals surface area contributed by atoms with E-state index >= 15 is 0 Å². The van der Waals surface area contributed by atoms with E-state index in [9.17, 15) is 4.79 Å². The Balaban J connectivity index is 2.30. The van der Waals surface area contributed by atoms with Crippen molar-refractivity contribution < 1.29 is 19.0 Å². The summed E-state index contributed by atoms with van der Waals surface area (Å²) in [6.45, 7) is 0. The van der Waals surface area contributed by atoms with E-state index in [0.29, 0.717) is 27.8 Å². The van der Waals surface area contributed by atoms with Crippen LogP contribution in [0, 0.1) is 0 Å². The third-order valence-electron chi connectivity index (χ3n) is 3.22. The second-order valence-electron chi connectivity index (χ2n) is 4.67. The van der Waals surface area contributed by atoms with Crippen LogP contribution < -0.4 is 14.2 Å². The van der Waals surface area contributed by atoms with Crippen LogP contribution in [0.5, 0.6) is 17.2 Å². The van der Waals surface area contributed by atoms with Crippen molar-refractivity contribution in [3.8, 4) is 17.2 Å². The molecule has 0 aromatic heterocycles. The first-order chi connectivity index (χ1) is 11.1. The topological polar surface area (TPSA) is 44.8 Å². The number of allylic oxidation sites excluding steroid dienone is 1. The molecule has 0 fully saturated rings. The fraction of sp³-hybridized carbons (Fsp3) is 0.167. The summed E-state index contributed by atoms with van der Waals surface area (Å²) in [6, 6.07) is 10.3. The van der Waals surface area contributed by atoms with Crippen molar-refractivity contribution in [2.45, 2.75) is 0 Å². The molecule has 0 spiro atoms. The molecular formula is C18H17ClO4. The van der Waals surface area contributed by atoms with E-state index in [1.807, 2.05) is 0 Å². The van der Waals surface area contributed by atoms with Gasteiger partial charge in [0.1, 0.15) is 0 Å². The van der Waals surface area contributed by atoms with Gasteiger partial charge in [-0.1, -0.05) is 29.8 Å². The SMILES string of the molecule is COc1cc(C=CC(=O)c2cccc(Cl)c2)cc(OC)c1OC. The third kappa shape index (κ3) is 4.05. The highest BCUT2D eigenvalue weighted by molar-refractivity contribution is 6.31. The molecular weight excluding hydrogens is 316 g/mol. The molecule has 0 saturated carbocycles. The highest BCUT2D eigenvalue weighted by Crippen LogP contribution is 2.38. The van der Waals surface area contributed by atoms with E-state index in [4.69, 9.17) is 25.8 Å². The number of hydrogen-bond acceptors (Lipinski definition) is 4. The van der Waals surface area contributed by atoms with Crippen molar-refractivity contribution in [1.29, 1.82) is 0 Å². The number of ketones is 1.